The van der Waals surface area contributed by atoms with Crippen molar-refractivity contribution >= 4 is 29.6 Å². The van der Waals surface area contributed by atoms with E-state index in [9.17, 15) is 18.8 Å². The fourth-order valence-electron chi connectivity index (χ4n) is 2.95. The largest absolute Gasteiger partial charge is 0.482 e. The molecule has 3 rings (SSSR count). The first-order chi connectivity index (χ1) is 15.4. The van der Waals surface area contributed by atoms with Gasteiger partial charge in [0.1, 0.15) is 18.2 Å². The standard InChI is InChI=1S/C22H20ClFN2O6/c1-2-30-21(28)19-17(11-32-18(27)12-31-16-9-7-15(24)8-10-16)25-22(29)26-20(19)13-3-5-14(23)6-4-13/h3-10,20H,2,11-12H2,1H3,(H2,25,26,29). The predicted molar refractivity (Wildman–Crippen MR) is 112 cm³/mol. The van der Waals surface area contributed by atoms with E-state index >= 15 is 0 Å². The minimum Gasteiger partial charge on any atom is -0.482 e. The topological polar surface area (TPSA) is 103 Å². The molecule has 168 valence electrons. The second-order valence-electron chi connectivity index (χ2n) is 6.60. The maximum atomic E-state index is 12.9. The van der Waals surface area contributed by atoms with E-state index in [1.807, 2.05) is 0 Å². The Bertz CT molecular complexity index is 1020. The van der Waals surface area contributed by atoms with Crippen LogP contribution < -0.4 is 15.4 Å². The lowest BCUT2D eigenvalue weighted by Gasteiger charge is -2.29. The molecule has 1 aliphatic heterocycles. The molecule has 1 aliphatic rings. The van der Waals surface area contributed by atoms with Crippen LogP contribution in [0.5, 0.6) is 5.75 Å². The van der Waals surface area contributed by atoms with E-state index in [2.05, 4.69) is 10.6 Å². The van der Waals surface area contributed by atoms with E-state index in [1.54, 1.807) is 31.2 Å². The lowest BCUT2D eigenvalue weighted by Crippen LogP contribution is -2.47. The third-order valence-corrected chi connectivity index (χ3v) is 4.65. The minimum atomic E-state index is -0.829. The molecule has 0 spiro atoms. The number of hydrogen-bond acceptors (Lipinski definition) is 6. The molecule has 0 bridgehead atoms. The summed E-state index contributed by atoms with van der Waals surface area (Å²) in [4.78, 5) is 37.0. The zero-order chi connectivity index (χ0) is 23.1. The number of halogens is 2. The van der Waals surface area contributed by atoms with Gasteiger partial charge in [-0.3, -0.25) is 0 Å². The number of urea groups is 1. The molecule has 1 atom stereocenters. The number of benzene rings is 2. The van der Waals surface area contributed by atoms with E-state index in [4.69, 9.17) is 25.8 Å². The van der Waals surface area contributed by atoms with Gasteiger partial charge < -0.3 is 24.8 Å². The Kier molecular flexibility index (Phi) is 7.67. The van der Waals surface area contributed by atoms with E-state index in [0.29, 0.717) is 10.6 Å². The van der Waals surface area contributed by atoms with Crippen LogP contribution in [0.2, 0.25) is 5.02 Å². The first-order valence-corrected chi connectivity index (χ1v) is 10.0. The zero-order valence-electron chi connectivity index (χ0n) is 17.0. The molecule has 2 aromatic rings. The number of hydrogen-bond donors (Lipinski definition) is 2. The summed E-state index contributed by atoms with van der Waals surface area (Å²) in [6.45, 7) is 0.928. The maximum absolute atomic E-state index is 12.9. The first kappa shape index (κ1) is 23.1. The highest BCUT2D eigenvalue weighted by atomic mass is 35.5. The molecule has 0 saturated heterocycles. The highest BCUT2D eigenvalue weighted by Gasteiger charge is 2.34. The van der Waals surface area contributed by atoms with Gasteiger partial charge in [0.2, 0.25) is 0 Å². The third kappa shape index (κ3) is 5.98. The van der Waals surface area contributed by atoms with Crippen LogP contribution in [0.4, 0.5) is 9.18 Å². The molecule has 1 unspecified atom stereocenters. The molecule has 0 saturated carbocycles. The van der Waals surface area contributed by atoms with Gasteiger partial charge in [0.15, 0.2) is 6.61 Å². The summed E-state index contributed by atoms with van der Waals surface area (Å²) in [5, 5.41) is 5.65. The molecule has 32 heavy (non-hydrogen) atoms. The molecular formula is C22H20ClFN2O6. The number of carbonyl (C=O) groups excluding carboxylic acids is 3. The van der Waals surface area contributed by atoms with E-state index < -0.39 is 43.0 Å². The summed E-state index contributed by atoms with van der Waals surface area (Å²) >= 11 is 5.93. The van der Waals surface area contributed by atoms with Gasteiger partial charge in [-0.15, -0.1) is 0 Å². The second-order valence-corrected chi connectivity index (χ2v) is 7.04. The number of amides is 2. The molecule has 0 radical (unpaired) electrons. The van der Waals surface area contributed by atoms with Crippen molar-refractivity contribution in [2.24, 2.45) is 0 Å². The summed E-state index contributed by atoms with van der Waals surface area (Å²) in [5.74, 6) is -1.57. The summed E-state index contributed by atoms with van der Waals surface area (Å²) < 4.78 is 28.5. The fourth-order valence-corrected chi connectivity index (χ4v) is 3.08. The Morgan fingerprint density at radius 2 is 1.75 bits per heavy atom. The van der Waals surface area contributed by atoms with Gasteiger partial charge in [-0.05, 0) is 48.9 Å². The summed E-state index contributed by atoms with van der Waals surface area (Å²) in [6, 6.07) is 10.3. The fraction of sp³-hybridized carbons (Fsp3) is 0.227. The number of carbonyl (C=O) groups is 3. The molecule has 2 aromatic carbocycles. The van der Waals surface area contributed by atoms with Crippen molar-refractivity contribution in [1.29, 1.82) is 0 Å². The SMILES string of the molecule is CCOC(=O)C1=C(COC(=O)COc2ccc(F)cc2)NC(=O)NC1c1ccc(Cl)cc1. The summed E-state index contributed by atoms with van der Waals surface area (Å²) in [6.07, 6.45) is 0. The van der Waals surface area contributed by atoms with Crippen LogP contribution in [0.3, 0.4) is 0 Å². The van der Waals surface area contributed by atoms with Gasteiger partial charge in [-0.1, -0.05) is 23.7 Å². The molecule has 0 aromatic heterocycles. The van der Waals surface area contributed by atoms with Crippen LogP contribution in [0.15, 0.2) is 59.8 Å². The zero-order valence-corrected chi connectivity index (χ0v) is 17.8. The Labute approximate surface area is 188 Å². The van der Waals surface area contributed by atoms with Crippen molar-refractivity contribution in [2.75, 3.05) is 19.8 Å². The first-order valence-electron chi connectivity index (χ1n) is 9.64. The normalized spacial score (nSPS) is 15.5. The van der Waals surface area contributed by atoms with E-state index in [1.165, 1.54) is 24.3 Å². The van der Waals surface area contributed by atoms with Crippen molar-refractivity contribution < 1.29 is 33.0 Å². The van der Waals surface area contributed by atoms with Crippen molar-refractivity contribution in [3.8, 4) is 5.75 Å². The predicted octanol–water partition coefficient (Wildman–Crippen LogP) is 3.27. The lowest BCUT2D eigenvalue weighted by molar-refractivity contribution is -0.145. The van der Waals surface area contributed by atoms with Gasteiger partial charge in [0, 0.05) is 5.02 Å². The van der Waals surface area contributed by atoms with Gasteiger partial charge in [0.05, 0.1) is 23.9 Å². The van der Waals surface area contributed by atoms with Crippen LogP contribution in [0, 0.1) is 5.82 Å². The summed E-state index contributed by atoms with van der Waals surface area (Å²) in [7, 11) is 0. The maximum Gasteiger partial charge on any atom is 0.344 e. The number of ether oxygens (including phenoxy) is 3. The smallest absolute Gasteiger partial charge is 0.344 e. The monoisotopic (exact) mass is 462 g/mol. The highest BCUT2D eigenvalue weighted by Crippen LogP contribution is 2.28. The third-order valence-electron chi connectivity index (χ3n) is 4.40. The molecular weight excluding hydrogens is 443 g/mol. The highest BCUT2D eigenvalue weighted by molar-refractivity contribution is 6.30. The number of esters is 2. The van der Waals surface area contributed by atoms with Crippen molar-refractivity contribution in [1.82, 2.24) is 10.6 Å². The lowest BCUT2D eigenvalue weighted by atomic mass is 9.95. The molecule has 8 nitrogen and oxygen atoms in total. The molecule has 0 aliphatic carbocycles. The average Bonchev–Trinajstić information content (AvgIpc) is 2.77. The van der Waals surface area contributed by atoms with Gasteiger partial charge in [-0.25, -0.2) is 18.8 Å². The molecule has 0 fully saturated rings. The van der Waals surface area contributed by atoms with Crippen molar-refractivity contribution in [3.63, 3.8) is 0 Å². The quantitative estimate of drug-likeness (QED) is 0.584. The van der Waals surface area contributed by atoms with Crippen LogP contribution >= 0.6 is 11.6 Å². The van der Waals surface area contributed by atoms with E-state index in [0.717, 1.165) is 0 Å². The van der Waals surface area contributed by atoms with Crippen LogP contribution in [-0.2, 0) is 19.1 Å². The van der Waals surface area contributed by atoms with Gasteiger partial charge in [-0.2, -0.15) is 0 Å². The van der Waals surface area contributed by atoms with Crippen LogP contribution in [0.25, 0.3) is 0 Å². The molecule has 1 heterocycles. The molecule has 2 N–H and O–H groups in total. The van der Waals surface area contributed by atoms with Gasteiger partial charge in [0.25, 0.3) is 0 Å². The van der Waals surface area contributed by atoms with Crippen LogP contribution in [0.1, 0.15) is 18.5 Å². The van der Waals surface area contributed by atoms with E-state index in [-0.39, 0.29) is 23.6 Å². The Balaban J connectivity index is 1.76. The Morgan fingerprint density at radius 1 is 1.06 bits per heavy atom. The number of nitrogens with one attached hydrogen (secondary N) is 2. The average molecular weight is 463 g/mol. The Hall–Kier alpha value is -3.59. The Morgan fingerprint density at radius 3 is 2.41 bits per heavy atom. The van der Waals surface area contributed by atoms with Gasteiger partial charge >= 0.3 is 18.0 Å². The molecule has 10 heteroatoms. The second kappa shape index (κ2) is 10.6. The van der Waals surface area contributed by atoms with Crippen molar-refractivity contribution in [2.45, 2.75) is 13.0 Å². The molecule has 2 amide bonds. The van der Waals surface area contributed by atoms with Crippen molar-refractivity contribution in [3.05, 3.63) is 76.2 Å². The minimum absolute atomic E-state index is 0.0854. The van der Waals surface area contributed by atoms with Crippen LogP contribution in [-0.4, -0.2) is 37.8 Å². The summed E-state index contributed by atoms with van der Waals surface area (Å²) in [5.41, 5.74) is 0.777. The number of rotatable bonds is 8.